The first-order valence-corrected chi connectivity index (χ1v) is 3.34. The highest BCUT2D eigenvalue weighted by Crippen LogP contribution is 2.06. The molecule has 0 atom stereocenters. The minimum absolute atomic E-state index is 0. The molecule has 0 N–H and O–H groups in total. The molecule has 12 heavy (non-hydrogen) atoms. The van der Waals surface area contributed by atoms with Gasteiger partial charge in [0.25, 0.3) is 0 Å². The molecule has 0 radical (unpaired) electrons. The molecule has 0 saturated carbocycles. The Balaban J connectivity index is 0.000000720. The van der Waals surface area contributed by atoms with Crippen LogP contribution in [-0.4, -0.2) is 0 Å². The van der Waals surface area contributed by atoms with Crippen molar-refractivity contribution in [3.8, 4) is 0 Å². The van der Waals surface area contributed by atoms with E-state index in [1.54, 1.807) is 12.1 Å². The van der Waals surface area contributed by atoms with E-state index in [4.69, 9.17) is 0 Å². The van der Waals surface area contributed by atoms with Crippen LogP contribution in [0.25, 0.3) is 10.8 Å². The average Bonchev–Trinajstić information content (AvgIpc) is 2.06. The third-order valence-electron chi connectivity index (χ3n) is 1.60. The highest BCUT2D eigenvalue weighted by atomic mass is 16.4. The molecule has 2 aromatic rings. The van der Waals surface area contributed by atoms with Crippen molar-refractivity contribution in [1.82, 2.24) is 0 Å². The van der Waals surface area contributed by atoms with E-state index in [1.165, 1.54) is 6.26 Å². The second-order valence-electron chi connectivity index (χ2n) is 2.30. The number of hydrogen-bond acceptors (Lipinski definition) is 2. The second-order valence-corrected chi connectivity index (χ2v) is 2.30. The van der Waals surface area contributed by atoms with Gasteiger partial charge in [-0.3, -0.25) is 0 Å². The van der Waals surface area contributed by atoms with Crippen LogP contribution in [0.4, 0.5) is 0 Å². The Morgan fingerprint density at radius 3 is 2.58 bits per heavy atom. The van der Waals surface area contributed by atoms with Gasteiger partial charge in [0.05, 0.1) is 11.6 Å². The van der Waals surface area contributed by atoms with Crippen molar-refractivity contribution in [2.45, 2.75) is 7.43 Å². The SMILES string of the molecule is C.O=c1occc2ccccc12. The molecule has 1 aromatic heterocycles. The fraction of sp³-hybridized carbons (Fsp3) is 0.100. The van der Waals surface area contributed by atoms with E-state index in [0.29, 0.717) is 5.39 Å². The van der Waals surface area contributed by atoms with Gasteiger partial charge in [0.2, 0.25) is 0 Å². The molecule has 0 spiro atoms. The van der Waals surface area contributed by atoms with Crippen molar-refractivity contribution < 1.29 is 4.42 Å². The third-order valence-corrected chi connectivity index (χ3v) is 1.60. The minimum atomic E-state index is -0.275. The molecular weight excluding hydrogens is 152 g/mol. The summed E-state index contributed by atoms with van der Waals surface area (Å²) in [7, 11) is 0. The van der Waals surface area contributed by atoms with Crippen LogP contribution in [-0.2, 0) is 0 Å². The highest BCUT2D eigenvalue weighted by Gasteiger charge is 1.94. The van der Waals surface area contributed by atoms with E-state index in [2.05, 4.69) is 4.42 Å². The molecule has 62 valence electrons. The van der Waals surface area contributed by atoms with Crippen molar-refractivity contribution in [3.63, 3.8) is 0 Å². The van der Waals surface area contributed by atoms with Crippen molar-refractivity contribution in [3.05, 3.63) is 47.0 Å². The Morgan fingerprint density at radius 1 is 1.08 bits per heavy atom. The van der Waals surface area contributed by atoms with E-state index in [9.17, 15) is 4.79 Å². The summed E-state index contributed by atoms with van der Waals surface area (Å²) in [5.74, 6) is 0. The molecule has 0 bridgehead atoms. The van der Waals surface area contributed by atoms with Crippen LogP contribution in [0.3, 0.4) is 0 Å². The quantitative estimate of drug-likeness (QED) is 0.595. The summed E-state index contributed by atoms with van der Waals surface area (Å²) in [6.07, 6.45) is 1.41. The molecular formula is C10H10O2. The van der Waals surface area contributed by atoms with Crippen molar-refractivity contribution in [2.24, 2.45) is 0 Å². The van der Waals surface area contributed by atoms with E-state index >= 15 is 0 Å². The molecule has 0 aliphatic heterocycles. The summed E-state index contributed by atoms with van der Waals surface area (Å²) in [5.41, 5.74) is -0.275. The number of benzene rings is 1. The summed E-state index contributed by atoms with van der Waals surface area (Å²) in [5, 5.41) is 1.55. The lowest BCUT2D eigenvalue weighted by Gasteiger charge is -1.91. The summed E-state index contributed by atoms with van der Waals surface area (Å²) < 4.78 is 4.68. The van der Waals surface area contributed by atoms with Gasteiger partial charge >= 0.3 is 5.63 Å². The van der Waals surface area contributed by atoms with Crippen LogP contribution in [0.1, 0.15) is 7.43 Å². The van der Waals surface area contributed by atoms with Crippen molar-refractivity contribution in [2.75, 3.05) is 0 Å². The van der Waals surface area contributed by atoms with Gasteiger partial charge in [0.1, 0.15) is 0 Å². The van der Waals surface area contributed by atoms with Gasteiger partial charge < -0.3 is 4.42 Å². The molecule has 2 heteroatoms. The fourth-order valence-electron chi connectivity index (χ4n) is 1.06. The van der Waals surface area contributed by atoms with Gasteiger partial charge in [-0.2, -0.15) is 0 Å². The Kier molecular flexibility index (Phi) is 2.29. The van der Waals surface area contributed by atoms with Crippen LogP contribution in [0.2, 0.25) is 0 Å². The lowest BCUT2D eigenvalue weighted by Crippen LogP contribution is -1.96. The van der Waals surface area contributed by atoms with Gasteiger partial charge in [0.15, 0.2) is 0 Å². The predicted molar refractivity (Wildman–Crippen MR) is 49.2 cm³/mol. The molecule has 0 aliphatic rings. The molecule has 2 nitrogen and oxygen atoms in total. The van der Waals surface area contributed by atoms with E-state index in [1.807, 2.05) is 18.2 Å². The summed E-state index contributed by atoms with van der Waals surface area (Å²) in [6, 6.07) is 9.12. The van der Waals surface area contributed by atoms with Gasteiger partial charge in [-0.05, 0) is 17.5 Å². The summed E-state index contributed by atoms with van der Waals surface area (Å²) in [4.78, 5) is 11.0. The Morgan fingerprint density at radius 2 is 1.83 bits per heavy atom. The first-order valence-electron chi connectivity index (χ1n) is 3.34. The zero-order valence-corrected chi connectivity index (χ0v) is 5.78. The highest BCUT2D eigenvalue weighted by molar-refractivity contribution is 5.80. The van der Waals surface area contributed by atoms with Crippen LogP contribution in [0.5, 0.6) is 0 Å². The van der Waals surface area contributed by atoms with Crippen molar-refractivity contribution in [1.29, 1.82) is 0 Å². The number of hydrogen-bond donors (Lipinski definition) is 0. The lowest BCUT2D eigenvalue weighted by molar-refractivity contribution is 0.519. The molecule has 1 heterocycles. The van der Waals surface area contributed by atoms with Crippen LogP contribution in [0.15, 0.2) is 45.8 Å². The van der Waals surface area contributed by atoms with Crippen molar-refractivity contribution >= 4 is 10.8 Å². The second kappa shape index (κ2) is 3.22. The van der Waals surface area contributed by atoms with Crippen LogP contribution in [0, 0.1) is 0 Å². The molecule has 0 unspecified atom stereocenters. The van der Waals surface area contributed by atoms with Gasteiger partial charge in [-0.1, -0.05) is 25.6 Å². The Labute approximate surface area is 70.5 Å². The number of rotatable bonds is 0. The fourth-order valence-corrected chi connectivity index (χ4v) is 1.06. The first-order chi connectivity index (χ1) is 5.38. The molecule has 2 rings (SSSR count). The zero-order valence-electron chi connectivity index (χ0n) is 5.78. The lowest BCUT2D eigenvalue weighted by atomic mass is 10.2. The third kappa shape index (κ3) is 1.23. The van der Waals surface area contributed by atoms with E-state index in [0.717, 1.165) is 5.39 Å². The predicted octanol–water partition coefficient (Wildman–Crippen LogP) is 2.43. The normalized spacial score (nSPS) is 9.33. The topological polar surface area (TPSA) is 30.2 Å². The molecule has 1 aromatic carbocycles. The van der Waals surface area contributed by atoms with E-state index < -0.39 is 0 Å². The van der Waals surface area contributed by atoms with Gasteiger partial charge in [-0.25, -0.2) is 4.79 Å². The number of fused-ring (bicyclic) bond motifs is 1. The van der Waals surface area contributed by atoms with Gasteiger partial charge in [-0.15, -0.1) is 0 Å². The van der Waals surface area contributed by atoms with E-state index in [-0.39, 0.29) is 13.1 Å². The standard InChI is InChI=1S/C9H6O2.CH4/c10-9-8-4-2-1-3-7(8)5-6-11-9;/h1-6H;1H4. The Hall–Kier alpha value is -1.57. The van der Waals surface area contributed by atoms with Gasteiger partial charge in [0, 0.05) is 0 Å². The van der Waals surface area contributed by atoms with Crippen LogP contribution >= 0.6 is 0 Å². The van der Waals surface area contributed by atoms with Crippen LogP contribution < -0.4 is 5.63 Å². The average molecular weight is 162 g/mol. The summed E-state index contributed by atoms with van der Waals surface area (Å²) in [6.45, 7) is 0. The molecule has 0 amide bonds. The molecule has 0 saturated heterocycles. The molecule has 0 fully saturated rings. The first kappa shape index (κ1) is 8.53. The smallest absolute Gasteiger partial charge is 0.343 e. The monoisotopic (exact) mass is 162 g/mol. The summed E-state index contributed by atoms with van der Waals surface area (Å²) >= 11 is 0. The zero-order chi connectivity index (χ0) is 7.68. The maximum Gasteiger partial charge on any atom is 0.343 e. The maximum atomic E-state index is 11.0. The Bertz CT molecular complexity index is 424. The maximum absolute atomic E-state index is 11.0. The minimum Gasteiger partial charge on any atom is -0.431 e. The largest absolute Gasteiger partial charge is 0.431 e. The molecule has 0 aliphatic carbocycles.